The van der Waals surface area contributed by atoms with Crippen molar-refractivity contribution < 1.29 is 19.1 Å². The van der Waals surface area contributed by atoms with E-state index in [0.717, 1.165) is 22.3 Å². The first-order chi connectivity index (χ1) is 8.97. The van der Waals surface area contributed by atoms with Crippen molar-refractivity contribution in [3.05, 3.63) is 46.3 Å². The van der Waals surface area contributed by atoms with Gasteiger partial charge in [0.15, 0.2) is 0 Å². The van der Waals surface area contributed by atoms with E-state index in [9.17, 15) is 14.0 Å². The fraction of sp³-hybridized carbons (Fsp3) is 0.0833. The zero-order valence-electron chi connectivity index (χ0n) is 9.81. The number of carbonyl (C=O) groups excluding carboxylic acids is 1. The molecule has 0 aromatic carbocycles. The molecule has 0 spiro atoms. The molecule has 0 aliphatic carbocycles. The highest BCUT2D eigenvalue weighted by Crippen LogP contribution is 2.28. The van der Waals surface area contributed by atoms with Gasteiger partial charge in [-0.05, 0) is 19.1 Å². The molecular formula is C12H9FN2O3S. The molecule has 0 radical (unpaired) electrons. The molecule has 2 N–H and O–H groups in total. The number of pyridine rings is 1. The third kappa shape index (κ3) is 2.94. The highest BCUT2D eigenvalue weighted by atomic mass is 32.1. The average molecular weight is 280 g/mol. The number of carboxylic acids is 1. The molecule has 0 saturated carbocycles. The maximum Gasteiger partial charge on any atom is 0.338 e. The van der Waals surface area contributed by atoms with Crippen LogP contribution in [0, 0.1) is 12.9 Å². The zero-order valence-corrected chi connectivity index (χ0v) is 10.6. The standard InChI is InChI=1S/C12H9FN2O3S/c1-6-4-8(12(17)18)11(19-6)15-10(16)7-2-3-14-9(13)5-7/h2-5H,1H3,(H,15,16)(H,17,18). The summed E-state index contributed by atoms with van der Waals surface area (Å²) in [6, 6.07) is 3.80. The number of nitrogens with one attached hydrogen (secondary N) is 1. The molecule has 0 atom stereocenters. The highest BCUT2D eigenvalue weighted by molar-refractivity contribution is 7.16. The van der Waals surface area contributed by atoms with Gasteiger partial charge in [-0.2, -0.15) is 4.39 Å². The van der Waals surface area contributed by atoms with E-state index in [4.69, 9.17) is 5.11 Å². The minimum absolute atomic E-state index is 0.0189. The van der Waals surface area contributed by atoms with Gasteiger partial charge in [0, 0.05) is 22.7 Å². The van der Waals surface area contributed by atoms with Crippen molar-refractivity contribution in [1.29, 1.82) is 0 Å². The first-order valence-electron chi connectivity index (χ1n) is 5.24. The second kappa shape index (κ2) is 5.15. The van der Waals surface area contributed by atoms with Crippen LogP contribution in [0.3, 0.4) is 0 Å². The summed E-state index contributed by atoms with van der Waals surface area (Å²) in [5.41, 5.74) is 0.0975. The minimum atomic E-state index is -1.12. The Labute approximate surface area is 111 Å². The Bertz CT molecular complexity index is 654. The van der Waals surface area contributed by atoms with Gasteiger partial charge in [-0.25, -0.2) is 9.78 Å². The van der Waals surface area contributed by atoms with Gasteiger partial charge in [-0.15, -0.1) is 11.3 Å². The first kappa shape index (κ1) is 13.2. The van der Waals surface area contributed by atoms with Crippen molar-refractivity contribution in [1.82, 2.24) is 4.98 Å². The van der Waals surface area contributed by atoms with Crippen LogP contribution in [0.25, 0.3) is 0 Å². The zero-order chi connectivity index (χ0) is 14.0. The number of carbonyl (C=O) groups is 2. The van der Waals surface area contributed by atoms with E-state index in [1.807, 2.05) is 0 Å². The molecule has 2 aromatic heterocycles. The number of anilines is 1. The smallest absolute Gasteiger partial charge is 0.338 e. The molecule has 1 amide bonds. The van der Waals surface area contributed by atoms with Crippen LogP contribution < -0.4 is 5.32 Å². The Morgan fingerprint density at radius 3 is 2.79 bits per heavy atom. The van der Waals surface area contributed by atoms with Crippen molar-refractivity contribution in [2.24, 2.45) is 0 Å². The average Bonchev–Trinajstić information content (AvgIpc) is 2.70. The maximum absolute atomic E-state index is 12.9. The monoisotopic (exact) mass is 280 g/mol. The SMILES string of the molecule is Cc1cc(C(=O)O)c(NC(=O)c2ccnc(F)c2)s1. The van der Waals surface area contributed by atoms with Gasteiger partial charge in [0.05, 0.1) is 5.56 Å². The lowest BCUT2D eigenvalue weighted by Gasteiger charge is -2.03. The van der Waals surface area contributed by atoms with Crippen LogP contribution in [0.15, 0.2) is 24.4 Å². The number of aromatic nitrogens is 1. The van der Waals surface area contributed by atoms with E-state index in [-0.39, 0.29) is 16.1 Å². The number of aromatic carboxylic acids is 1. The molecule has 5 nitrogen and oxygen atoms in total. The molecule has 0 aliphatic heterocycles. The molecule has 0 saturated heterocycles. The number of hydrogen-bond acceptors (Lipinski definition) is 4. The molecule has 2 aromatic rings. The van der Waals surface area contributed by atoms with Gasteiger partial charge in [0.25, 0.3) is 5.91 Å². The summed E-state index contributed by atoms with van der Waals surface area (Å²) in [6.45, 7) is 1.73. The lowest BCUT2D eigenvalue weighted by Crippen LogP contribution is -2.13. The number of rotatable bonds is 3. The summed E-state index contributed by atoms with van der Waals surface area (Å²) < 4.78 is 12.9. The Morgan fingerprint density at radius 2 is 2.16 bits per heavy atom. The lowest BCUT2D eigenvalue weighted by molar-refractivity contribution is 0.0698. The molecule has 19 heavy (non-hydrogen) atoms. The van der Waals surface area contributed by atoms with Crippen molar-refractivity contribution in [3.8, 4) is 0 Å². The van der Waals surface area contributed by atoms with Gasteiger partial charge in [0.2, 0.25) is 5.95 Å². The van der Waals surface area contributed by atoms with E-state index < -0.39 is 17.8 Å². The maximum atomic E-state index is 12.9. The fourth-order valence-corrected chi connectivity index (χ4v) is 2.38. The van der Waals surface area contributed by atoms with Crippen LogP contribution in [0.5, 0.6) is 0 Å². The van der Waals surface area contributed by atoms with Crippen molar-refractivity contribution in [2.45, 2.75) is 6.92 Å². The van der Waals surface area contributed by atoms with Gasteiger partial charge >= 0.3 is 5.97 Å². The summed E-state index contributed by atoms with van der Waals surface area (Å²) in [5.74, 6) is -2.47. The fourth-order valence-electron chi connectivity index (χ4n) is 1.48. The minimum Gasteiger partial charge on any atom is -0.478 e. The van der Waals surface area contributed by atoms with Crippen molar-refractivity contribution in [3.63, 3.8) is 0 Å². The van der Waals surface area contributed by atoms with Crippen LogP contribution in [-0.4, -0.2) is 22.0 Å². The number of hydrogen-bond donors (Lipinski definition) is 2. The predicted octanol–water partition coefficient (Wildman–Crippen LogP) is 2.54. The van der Waals surface area contributed by atoms with Crippen LogP contribution in [0.4, 0.5) is 9.39 Å². The molecule has 0 aliphatic rings. The first-order valence-corrected chi connectivity index (χ1v) is 6.05. The summed E-state index contributed by atoms with van der Waals surface area (Å²) >= 11 is 1.15. The number of carboxylic acid groups (broad SMARTS) is 1. The van der Waals surface area contributed by atoms with E-state index >= 15 is 0 Å². The summed E-state index contributed by atoms with van der Waals surface area (Å²) in [7, 11) is 0. The Hall–Kier alpha value is -2.28. The molecule has 7 heteroatoms. The molecular weight excluding hydrogens is 271 g/mol. The second-order valence-electron chi connectivity index (χ2n) is 3.73. The van der Waals surface area contributed by atoms with E-state index in [1.54, 1.807) is 6.92 Å². The van der Waals surface area contributed by atoms with Crippen LogP contribution >= 0.6 is 11.3 Å². The normalized spacial score (nSPS) is 10.2. The lowest BCUT2D eigenvalue weighted by atomic mass is 10.2. The van der Waals surface area contributed by atoms with Gasteiger partial charge in [-0.3, -0.25) is 4.79 Å². The number of nitrogens with zero attached hydrogens (tertiary/aromatic N) is 1. The van der Waals surface area contributed by atoms with Crippen LogP contribution in [-0.2, 0) is 0 Å². The van der Waals surface area contributed by atoms with Crippen molar-refractivity contribution >= 4 is 28.2 Å². The second-order valence-corrected chi connectivity index (χ2v) is 4.98. The molecule has 2 rings (SSSR count). The molecule has 2 heterocycles. The summed E-state index contributed by atoms with van der Waals surface area (Å²) in [4.78, 5) is 27.0. The molecule has 0 bridgehead atoms. The Kier molecular flexibility index (Phi) is 3.57. The third-order valence-electron chi connectivity index (χ3n) is 2.30. The largest absolute Gasteiger partial charge is 0.478 e. The molecule has 0 unspecified atom stereocenters. The number of halogens is 1. The van der Waals surface area contributed by atoms with Gasteiger partial charge in [0.1, 0.15) is 5.00 Å². The number of thiophene rings is 1. The summed E-state index contributed by atoms with van der Waals surface area (Å²) in [5, 5.41) is 11.7. The Morgan fingerprint density at radius 1 is 1.42 bits per heavy atom. The van der Waals surface area contributed by atoms with Crippen molar-refractivity contribution in [2.75, 3.05) is 5.32 Å². The van der Waals surface area contributed by atoms with Gasteiger partial charge < -0.3 is 10.4 Å². The predicted molar refractivity (Wildman–Crippen MR) is 68.2 cm³/mol. The van der Waals surface area contributed by atoms with Gasteiger partial charge in [-0.1, -0.05) is 0 Å². The molecule has 98 valence electrons. The van der Waals surface area contributed by atoms with E-state index in [2.05, 4.69) is 10.3 Å². The number of aryl methyl sites for hydroxylation is 1. The third-order valence-corrected chi connectivity index (χ3v) is 3.27. The van der Waals surface area contributed by atoms with E-state index in [0.29, 0.717) is 0 Å². The molecule has 0 fully saturated rings. The highest BCUT2D eigenvalue weighted by Gasteiger charge is 2.17. The quantitative estimate of drug-likeness (QED) is 0.847. The number of amides is 1. The van der Waals surface area contributed by atoms with E-state index in [1.165, 1.54) is 18.3 Å². The Balaban J connectivity index is 2.26. The summed E-state index contributed by atoms with van der Waals surface area (Å²) in [6.07, 6.45) is 1.17. The van der Waals surface area contributed by atoms with Crippen LogP contribution in [0.1, 0.15) is 25.6 Å². The van der Waals surface area contributed by atoms with Crippen LogP contribution in [0.2, 0.25) is 0 Å². The topological polar surface area (TPSA) is 79.3 Å².